The van der Waals surface area contributed by atoms with E-state index in [-0.39, 0.29) is 25.1 Å². The first kappa shape index (κ1) is 10.4. The third kappa shape index (κ3) is 2.63. The molecule has 1 aliphatic heterocycles. The Balaban J connectivity index is 2.43. The summed E-state index contributed by atoms with van der Waals surface area (Å²) in [6.07, 6.45) is 0.0525. The summed E-state index contributed by atoms with van der Waals surface area (Å²) >= 11 is 0. The van der Waals surface area contributed by atoms with E-state index in [2.05, 4.69) is 0 Å². The number of hydrogen-bond acceptors (Lipinski definition) is 5. The summed E-state index contributed by atoms with van der Waals surface area (Å²) in [7, 11) is 0. The van der Waals surface area contributed by atoms with Gasteiger partial charge in [0.2, 0.25) is 5.91 Å². The number of nitrogens with two attached hydrogens (primary N) is 1. The summed E-state index contributed by atoms with van der Waals surface area (Å²) in [4.78, 5) is 12.6. The van der Waals surface area contributed by atoms with Crippen LogP contribution in [0.3, 0.4) is 0 Å². The van der Waals surface area contributed by atoms with Gasteiger partial charge in [0.1, 0.15) is 0 Å². The van der Waals surface area contributed by atoms with Crippen LogP contribution >= 0.6 is 0 Å². The fourth-order valence-electron chi connectivity index (χ4n) is 1.57. The van der Waals surface area contributed by atoms with Crippen molar-refractivity contribution < 1.29 is 15.0 Å². The van der Waals surface area contributed by atoms with Crippen molar-refractivity contribution in [3.05, 3.63) is 0 Å². The van der Waals surface area contributed by atoms with Crippen LogP contribution in [0.1, 0.15) is 6.42 Å². The van der Waals surface area contributed by atoms with Crippen molar-refractivity contribution in [2.24, 2.45) is 5.84 Å². The molecule has 1 amide bonds. The van der Waals surface area contributed by atoms with Crippen LogP contribution in [0.25, 0.3) is 0 Å². The molecule has 76 valence electrons. The van der Waals surface area contributed by atoms with Crippen LogP contribution in [0.4, 0.5) is 0 Å². The molecule has 5 N–H and O–H groups in total. The van der Waals surface area contributed by atoms with Gasteiger partial charge in [-0.1, -0.05) is 0 Å². The van der Waals surface area contributed by atoms with E-state index in [1.54, 1.807) is 4.90 Å². The quantitative estimate of drug-likeness (QED) is 0.222. The van der Waals surface area contributed by atoms with Gasteiger partial charge in [0.15, 0.2) is 0 Å². The number of carbonyl (C=O) groups is 1. The van der Waals surface area contributed by atoms with Gasteiger partial charge >= 0.3 is 0 Å². The first-order valence-corrected chi connectivity index (χ1v) is 4.19. The Morgan fingerprint density at radius 3 is 2.92 bits per heavy atom. The Labute approximate surface area is 76.3 Å². The smallest absolute Gasteiger partial charge is 0.248 e. The van der Waals surface area contributed by atoms with Crippen molar-refractivity contribution in [2.75, 3.05) is 19.7 Å². The van der Waals surface area contributed by atoms with Crippen LogP contribution in [0.2, 0.25) is 0 Å². The molecular weight excluding hydrogens is 174 g/mol. The van der Waals surface area contributed by atoms with Gasteiger partial charge in [-0.3, -0.25) is 15.1 Å². The van der Waals surface area contributed by atoms with Crippen molar-refractivity contribution in [1.82, 2.24) is 10.3 Å². The minimum atomic E-state index is -0.456. The fraction of sp³-hybridized carbons (Fsp3) is 0.857. The second-order valence-corrected chi connectivity index (χ2v) is 3.22. The van der Waals surface area contributed by atoms with E-state index in [4.69, 9.17) is 10.9 Å². The van der Waals surface area contributed by atoms with Gasteiger partial charge in [-0.05, 0) is 6.42 Å². The van der Waals surface area contributed by atoms with Crippen molar-refractivity contribution in [3.63, 3.8) is 0 Å². The molecule has 0 radical (unpaired) electrons. The topological polar surface area (TPSA) is 98.8 Å². The van der Waals surface area contributed by atoms with Crippen molar-refractivity contribution in [2.45, 2.75) is 18.6 Å². The Morgan fingerprint density at radius 2 is 2.38 bits per heavy atom. The highest BCUT2D eigenvalue weighted by Gasteiger charge is 2.31. The summed E-state index contributed by atoms with van der Waals surface area (Å²) in [5.74, 6) is 4.61. The molecule has 0 saturated carbocycles. The summed E-state index contributed by atoms with van der Waals surface area (Å²) in [6.45, 7) is 0.492. The molecule has 1 aliphatic rings. The molecule has 13 heavy (non-hydrogen) atoms. The Kier molecular flexibility index (Phi) is 3.61. The third-order valence-electron chi connectivity index (χ3n) is 2.22. The van der Waals surface area contributed by atoms with E-state index in [0.29, 0.717) is 13.0 Å². The van der Waals surface area contributed by atoms with Gasteiger partial charge < -0.3 is 10.2 Å². The molecule has 1 heterocycles. The van der Waals surface area contributed by atoms with Crippen LogP contribution in [0, 0.1) is 0 Å². The van der Waals surface area contributed by atoms with Crippen molar-refractivity contribution in [3.8, 4) is 0 Å². The summed E-state index contributed by atoms with van der Waals surface area (Å²) in [6, 6.07) is -0.132. The lowest BCUT2D eigenvalue weighted by Crippen LogP contribution is -2.43. The van der Waals surface area contributed by atoms with Crippen LogP contribution in [0.5, 0.6) is 0 Å². The van der Waals surface area contributed by atoms with Crippen LogP contribution in [-0.2, 0) is 4.79 Å². The standard InChI is InChI=1S/C7H15N3O3/c8-9-7(13)3-10-2-6(12)1-5(10)4-11/h5-6,11-12H,1-4,8H2,(H,9,13). The highest BCUT2D eigenvalue weighted by molar-refractivity contribution is 5.77. The maximum atomic E-state index is 10.9. The van der Waals surface area contributed by atoms with E-state index >= 15 is 0 Å². The minimum absolute atomic E-state index is 0.0467. The molecule has 0 aromatic rings. The second-order valence-electron chi connectivity index (χ2n) is 3.22. The summed E-state index contributed by atoms with van der Waals surface area (Å²) in [5.41, 5.74) is 2.01. The molecule has 0 spiro atoms. The van der Waals surface area contributed by atoms with Crippen LogP contribution < -0.4 is 11.3 Å². The number of rotatable bonds is 3. The third-order valence-corrected chi connectivity index (χ3v) is 2.22. The highest BCUT2D eigenvalue weighted by atomic mass is 16.3. The van der Waals surface area contributed by atoms with Gasteiger partial charge in [0, 0.05) is 12.6 Å². The van der Waals surface area contributed by atoms with E-state index < -0.39 is 6.10 Å². The molecule has 1 saturated heterocycles. The van der Waals surface area contributed by atoms with Crippen molar-refractivity contribution >= 4 is 5.91 Å². The number of nitrogens with one attached hydrogen (secondary N) is 1. The lowest BCUT2D eigenvalue weighted by molar-refractivity contribution is -0.122. The van der Waals surface area contributed by atoms with E-state index in [1.165, 1.54) is 0 Å². The summed E-state index contributed by atoms with van der Waals surface area (Å²) < 4.78 is 0. The van der Waals surface area contributed by atoms with Gasteiger partial charge in [-0.25, -0.2) is 5.84 Å². The average Bonchev–Trinajstić information content (AvgIpc) is 2.46. The maximum Gasteiger partial charge on any atom is 0.248 e. The van der Waals surface area contributed by atoms with Gasteiger partial charge in [0.05, 0.1) is 19.3 Å². The predicted octanol–water partition coefficient (Wildman–Crippen LogP) is -2.60. The predicted molar refractivity (Wildman–Crippen MR) is 45.4 cm³/mol. The van der Waals surface area contributed by atoms with E-state index in [1.807, 2.05) is 5.43 Å². The number of aliphatic hydroxyl groups excluding tert-OH is 2. The number of aliphatic hydroxyl groups is 2. The van der Waals surface area contributed by atoms with Crippen molar-refractivity contribution in [1.29, 1.82) is 0 Å². The van der Waals surface area contributed by atoms with Gasteiger partial charge in [-0.15, -0.1) is 0 Å². The number of hydrogen-bond donors (Lipinski definition) is 4. The lowest BCUT2D eigenvalue weighted by Gasteiger charge is -2.20. The zero-order valence-electron chi connectivity index (χ0n) is 7.31. The summed E-state index contributed by atoms with van der Waals surface area (Å²) in [5, 5.41) is 18.2. The lowest BCUT2D eigenvalue weighted by atomic mass is 10.2. The maximum absolute atomic E-state index is 10.9. The SMILES string of the molecule is NNC(=O)CN1CC(O)CC1CO. The molecular formula is C7H15N3O3. The molecule has 0 bridgehead atoms. The zero-order valence-corrected chi connectivity index (χ0v) is 7.31. The van der Waals surface area contributed by atoms with Gasteiger partial charge in [-0.2, -0.15) is 0 Å². The molecule has 2 unspecified atom stereocenters. The molecule has 6 nitrogen and oxygen atoms in total. The average molecular weight is 189 g/mol. The van der Waals surface area contributed by atoms with E-state index in [0.717, 1.165) is 0 Å². The number of amides is 1. The molecule has 2 atom stereocenters. The highest BCUT2D eigenvalue weighted by Crippen LogP contribution is 2.16. The fourth-order valence-corrected chi connectivity index (χ4v) is 1.57. The minimum Gasteiger partial charge on any atom is -0.395 e. The van der Waals surface area contributed by atoms with Crippen LogP contribution in [0.15, 0.2) is 0 Å². The first-order chi connectivity index (χ1) is 6.17. The Morgan fingerprint density at radius 1 is 1.69 bits per heavy atom. The monoisotopic (exact) mass is 189 g/mol. The number of likely N-dealkylation sites (tertiary alicyclic amines) is 1. The van der Waals surface area contributed by atoms with E-state index in [9.17, 15) is 9.90 Å². The first-order valence-electron chi connectivity index (χ1n) is 4.19. The zero-order chi connectivity index (χ0) is 9.84. The molecule has 0 aromatic heterocycles. The largest absolute Gasteiger partial charge is 0.395 e. The molecule has 1 rings (SSSR count). The number of β-amino-alcohol motifs (C(OH)–C–C–N with tert-alkyl or cyclic N) is 1. The molecule has 0 aromatic carbocycles. The molecule has 1 fully saturated rings. The van der Waals surface area contributed by atoms with Crippen LogP contribution in [-0.4, -0.2) is 52.9 Å². The Bertz CT molecular complexity index is 188. The normalized spacial score (nSPS) is 29.2. The second kappa shape index (κ2) is 4.52. The molecule has 0 aliphatic carbocycles. The number of hydrazine groups is 1. The Hall–Kier alpha value is -0.690. The number of carbonyl (C=O) groups excluding carboxylic acids is 1. The van der Waals surface area contributed by atoms with Gasteiger partial charge in [0.25, 0.3) is 0 Å². The number of nitrogens with zero attached hydrogens (tertiary/aromatic N) is 1. The molecule has 6 heteroatoms.